The first-order valence-electron chi connectivity index (χ1n) is 5.62. The van der Waals surface area contributed by atoms with Crippen LogP contribution in [0.5, 0.6) is 0 Å². The number of hydrogen-bond donors (Lipinski definition) is 0. The van der Waals surface area contributed by atoms with E-state index in [4.69, 9.17) is 16.3 Å². The second kappa shape index (κ2) is 4.65. The predicted octanol–water partition coefficient (Wildman–Crippen LogP) is 3.35. The fraction of sp³-hybridized carbons (Fsp3) is 1.00. The fourth-order valence-electron chi connectivity index (χ4n) is 2.62. The minimum atomic E-state index is 0.376. The summed E-state index contributed by atoms with van der Waals surface area (Å²) in [7, 11) is 0. The van der Waals surface area contributed by atoms with Crippen molar-refractivity contribution >= 4 is 11.6 Å². The van der Waals surface area contributed by atoms with Crippen LogP contribution in [0.15, 0.2) is 0 Å². The van der Waals surface area contributed by atoms with Crippen molar-refractivity contribution in [3.8, 4) is 0 Å². The van der Waals surface area contributed by atoms with Gasteiger partial charge in [-0.3, -0.25) is 0 Å². The first-order chi connectivity index (χ1) is 6.36. The minimum absolute atomic E-state index is 0.376. The molecule has 2 rings (SSSR count). The van der Waals surface area contributed by atoms with Crippen molar-refractivity contribution in [2.45, 2.75) is 56.4 Å². The van der Waals surface area contributed by atoms with Crippen molar-refractivity contribution < 1.29 is 4.74 Å². The molecule has 0 unspecified atom stereocenters. The molecule has 0 aromatic heterocycles. The van der Waals surface area contributed by atoms with Crippen LogP contribution in [0.2, 0.25) is 0 Å². The molecular formula is C11H19ClO. The summed E-state index contributed by atoms with van der Waals surface area (Å²) in [6, 6.07) is 0. The Morgan fingerprint density at radius 3 is 2.46 bits per heavy atom. The molecule has 0 aromatic carbocycles. The number of halogens is 1. The smallest absolute Gasteiger partial charge is 0.0617 e. The maximum atomic E-state index is 6.15. The lowest BCUT2D eigenvalue weighted by Gasteiger charge is -2.34. The number of ether oxygens (including phenoxy) is 1. The molecule has 2 atom stereocenters. The number of alkyl halides is 1. The Bertz CT molecular complexity index is 154. The van der Waals surface area contributed by atoms with Crippen LogP contribution in [0.3, 0.4) is 0 Å². The maximum Gasteiger partial charge on any atom is 0.0617 e. The third-order valence-corrected chi connectivity index (χ3v) is 3.82. The Morgan fingerprint density at radius 1 is 1.00 bits per heavy atom. The van der Waals surface area contributed by atoms with Gasteiger partial charge in [-0.05, 0) is 31.6 Å². The van der Waals surface area contributed by atoms with Crippen molar-refractivity contribution in [1.82, 2.24) is 0 Å². The van der Waals surface area contributed by atoms with E-state index < -0.39 is 0 Å². The molecule has 0 N–H and O–H groups in total. The molecular weight excluding hydrogens is 184 g/mol. The van der Waals surface area contributed by atoms with Gasteiger partial charge in [-0.2, -0.15) is 0 Å². The topological polar surface area (TPSA) is 9.23 Å². The van der Waals surface area contributed by atoms with Gasteiger partial charge in [0.2, 0.25) is 0 Å². The van der Waals surface area contributed by atoms with E-state index in [2.05, 4.69) is 0 Å². The predicted molar refractivity (Wildman–Crippen MR) is 55.2 cm³/mol. The van der Waals surface area contributed by atoms with Gasteiger partial charge < -0.3 is 4.74 Å². The highest BCUT2D eigenvalue weighted by Gasteiger charge is 2.29. The van der Waals surface area contributed by atoms with E-state index in [1.165, 1.54) is 32.1 Å². The first kappa shape index (κ1) is 9.79. The van der Waals surface area contributed by atoms with E-state index >= 15 is 0 Å². The third kappa shape index (κ3) is 2.60. The quantitative estimate of drug-likeness (QED) is 0.593. The molecule has 1 aliphatic heterocycles. The summed E-state index contributed by atoms with van der Waals surface area (Å²) in [4.78, 5) is 0. The summed E-state index contributed by atoms with van der Waals surface area (Å²) in [6.45, 7) is 0.884. The Balaban J connectivity index is 1.83. The number of rotatable bonds is 1. The lowest BCUT2D eigenvalue weighted by atomic mass is 9.83. The zero-order chi connectivity index (χ0) is 9.10. The Labute approximate surface area is 85.8 Å². The Hall–Kier alpha value is 0.250. The van der Waals surface area contributed by atoms with Gasteiger partial charge in [-0.1, -0.05) is 19.3 Å². The summed E-state index contributed by atoms with van der Waals surface area (Å²) in [5, 5.41) is 0.376. The molecule has 1 saturated carbocycles. The van der Waals surface area contributed by atoms with Crippen molar-refractivity contribution in [2.75, 3.05) is 6.61 Å². The molecule has 0 aromatic rings. The molecule has 0 radical (unpaired) electrons. The molecule has 1 heterocycles. The standard InChI is InChI=1S/C11H19ClO/c12-10-6-7-13-11(8-10)9-4-2-1-3-5-9/h9-11H,1-8H2/t10-,11+/m1/s1. The SMILES string of the molecule is Cl[C@@H]1CCO[C@H](C2CCCCC2)C1. The molecule has 2 fully saturated rings. The van der Waals surface area contributed by atoms with E-state index in [9.17, 15) is 0 Å². The summed E-state index contributed by atoms with van der Waals surface area (Å²) in [5.74, 6) is 0.815. The van der Waals surface area contributed by atoms with Gasteiger partial charge in [0.25, 0.3) is 0 Å². The zero-order valence-electron chi connectivity index (χ0n) is 8.18. The molecule has 2 heteroatoms. The number of hydrogen-bond acceptors (Lipinski definition) is 1. The van der Waals surface area contributed by atoms with Crippen LogP contribution in [-0.2, 0) is 4.74 Å². The molecule has 0 amide bonds. The van der Waals surface area contributed by atoms with Gasteiger partial charge in [-0.25, -0.2) is 0 Å². The van der Waals surface area contributed by atoms with Crippen LogP contribution in [0.25, 0.3) is 0 Å². The van der Waals surface area contributed by atoms with Gasteiger partial charge in [0, 0.05) is 12.0 Å². The fourth-order valence-corrected chi connectivity index (χ4v) is 2.88. The summed E-state index contributed by atoms with van der Waals surface area (Å²) in [5.41, 5.74) is 0. The Kier molecular flexibility index (Phi) is 3.51. The molecule has 1 nitrogen and oxygen atoms in total. The van der Waals surface area contributed by atoms with Crippen LogP contribution >= 0.6 is 11.6 Å². The molecule has 13 heavy (non-hydrogen) atoms. The minimum Gasteiger partial charge on any atom is -0.378 e. The van der Waals surface area contributed by atoms with Crippen LogP contribution in [0.4, 0.5) is 0 Å². The van der Waals surface area contributed by atoms with Crippen molar-refractivity contribution in [3.05, 3.63) is 0 Å². The average molecular weight is 203 g/mol. The second-order valence-corrected chi connectivity index (χ2v) is 5.05. The largest absolute Gasteiger partial charge is 0.378 e. The van der Waals surface area contributed by atoms with Crippen molar-refractivity contribution in [2.24, 2.45) is 5.92 Å². The average Bonchev–Trinajstić information content (AvgIpc) is 2.19. The lowest BCUT2D eigenvalue weighted by Crippen LogP contribution is -2.33. The monoisotopic (exact) mass is 202 g/mol. The first-order valence-corrected chi connectivity index (χ1v) is 6.05. The van der Waals surface area contributed by atoms with E-state index in [0.717, 1.165) is 25.4 Å². The molecule has 0 spiro atoms. The molecule has 2 aliphatic rings. The molecule has 1 aliphatic carbocycles. The molecule has 76 valence electrons. The summed E-state index contributed by atoms with van der Waals surface area (Å²) < 4.78 is 5.80. The lowest BCUT2D eigenvalue weighted by molar-refractivity contribution is -0.0287. The summed E-state index contributed by atoms with van der Waals surface area (Å²) in [6.07, 6.45) is 9.58. The summed E-state index contributed by atoms with van der Waals surface area (Å²) >= 11 is 6.15. The van der Waals surface area contributed by atoms with E-state index in [-0.39, 0.29) is 0 Å². The van der Waals surface area contributed by atoms with Gasteiger partial charge in [0.05, 0.1) is 6.10 Å². The van der Waals surface area contributed by atoms with Gasteiger partial charge in [0.1, 0.15) is 0 Å². The van der Waals surface area contributed by atoms with Gasteiger partial charge in [-0.15, -0.1) is 11.6 Å². The Morgan fingerprint density at radius 2 is 1.77 bits per heavy atom. The van der Waals surface area contributed by atoms with Crippen LogP contribution in [0.1, 0.15) is 44.9 Å². The molecule has 0 bridgehead atoms. The molecule has 1 saturated heterocycles. The normalized spacial score (nSPS) is 37.6. The highest BCUT2D eigenvalue weighted by atomic mass is 35.5. The van der Waals surface area contributed by atoms with Crippen LogP contribution < -0.4 is 0 Å². The van der Waals surface area contributed by atoms with Crippen molar-refractivity contribution in [3.63, 3.8) is 0 Å². The maximum absolute atomic E-state index is 6.15. The zero-order valence-corrected chi connectivity index (χ0v) is 8.93. The van der Waals surface area contributed by atoms with E-state index in [0.29, 0.717) is 11.5 Å². The third-order valence-electron chi connectivity index (χ3n) is 3.43. The van der Waals surface area contributed by atoms with Gasteiger partial charge >= 0.3 is 0 Å². The van der Waals surface area contributed by atoms with Crippen LogP contribution in [0, 0.1) is 5.92 Å². The van der Waals surface area contributed by atoms with Crippen molar-refractivity contribution in [1.29, 1.82) is 0 Å². The highest BCUT2D eigenvalue weighted by molar-refractivity contribution is 6.20. The van der Waals surface area contributed by atoms with E-state index in [1.54, 1.807) is 0 Å². The van der Waals surface area contributed by atoms with Crippen LogP contribution in [-0.4, -0.2) is 18.1 Å². The van der Waals surface area contributed by atoms with E-state index in [1.807, 2.05) is 0 Å². The van der Waals surface area contributed by atoms with Gasteiger partial charge in [0.15, 0.2) is 0 Å². The second-order valence-electron chi connectivity index (χ2n) is 4.43. The highest BCUT2D eigenvalue weighted by Crippen LogP contribution is 2.33.